The largest absolute Gasteiger partial charge is 0.508 e. The monoisotopic (exact) mass is 816 g/mol. The molecule has 0 spiro atoms. The Labute approximate surface area is 321 Å². The Balaban J connectivity index is 2.24. The molecule has 2 aromatic rings. The highest BCUT2D eigenvalue weighted by Crippen LogP contribution is 2.45. The van der Waals surface area contributed by atoms with Crippen LogP contribution in [0.2, 0.25) is 0 Å². The van der Waals surface area contributed by atoms with Crippen LogP contribution >= 0.6 is 15.2 Å². The molecule has 3 atom stereocenters. The van der Waals surface area contributed by atoms with Crippen LogP contribution in [0, 0.1) is 21.7 Å². The van der Waals surface area contributed by atoms with E-state index in [1.54, 1.807) is 0 Å². The van der Waals surface area contributed by atoms with Crippen molar-refractivity contribution in [1.29, 1.82) is 0 Å². The Morgan fingerprint density at radius 3 is 1.25 bits per heavy atom. The molecule has 2 aromatic carbocycles. The topological polar surface area (TPSA) is 239 Å². The standard InChI is InChI=1S/C37H54O16P2/c1-34(2,3)28(40)48-32(49-29(41)35(4,5)6)52-54(44,45)23-16-13-22(14-17-23)15-19-26(38)25-21-24(18-20-27(25)39)55(46,47)53-33(50-30(42)36(7,8)9)51-31(43)37(10,11)12/h13-14,16-18,20-21,26,32-33,38-39H,15,19H2,1-12H3,(H,44,45)(H,46,47). The summed E-state index contributed by atoms with van der Waals surface area (Å²) in [5.74, 6) is -3.92. The molecule has 0 amide bonds. The minimum absolute atomic E-state index is 0.0527. The molecule has 16 nitrogen and oxygen atoms in total. The Morgan fingerprint density at radius 1 is 0.582 bits per heavy atom. The molecule has 0 radical (unpaired) electrons. The first-order chi connectivity index (χ1) is 24.7. The second kappa shape index (κ2) is 17.7. The Kier molecular flexibility index (Phi) is 15.3. The lowest BCUT2D eigenvalue weighted by Gasteiger charge is -2.27. The van der Waals surface area contributed by atoms with Gasteiger partial charge in [0.25, 0.3) is 0 Å². The summed E-state index contributed by atoms with van der Waals surface area (Å²) < 4.78 is 57.4. The van der Waals surface area contributed by atoms with E-state index < -0.39 is 90.8 Å². The third-order valence-corrected chi connectivity index (χ3v) is 10.2. The molecule has 55 heavy (non-hydrogen) atoms. The van der Waals surface area contributed by atoms with Crippen LogP contribution in [0.1, 0.15) is 107 Å². The average Bonchev–Trinajstić information content (AvgIpc) is 3.01. The zero-order valence-electron chi connectivity index (χ0n) is 33.3. The fourth-order valence-electron chi connectivity index (χ4n) is 3.84. The van der Waals surface area contributed by atoms with Crippen LogP contribution in [0.4, 0.5) is 0 Å². The zero-order chi connectivity index (χ0) is 42.5. The molecular formula is C37H54O16P2. The number of aromatic hydroxyl groups is 1. The van der Waals surface area contributed by atoms with E-state index in [-0.39, 0.29) is 23.7 Å². The van der Waals surface area contributed by atoms with Crippen LogP contribution in [0.25, 0.3) is 0 Å². The summed E-state index contributed by atoms with van der Waals surface area (Å²) in [5, 5.41) is 20.9. The van der Waals surface area contributed by atoms with Crippen LogP contribution in [-0.2, 0) is 62.7 Å². The number of aryl methyl sites for hydroxylation is 1. The summed E-state index contributed by atoms with van der Waals surface area (Å²) in [6.07, 6.45) is -1.32. The Bertz CT molecular complexity index is 1740. The number of phenols is 1. The molecule has 3 unspecified atom stereocenters. The van der Waals surface area contributed by atoms with Gasteiger partial charge in [0, 0.05) is 5.56 Å². The van der Waals surface area contributed by atoms with Crippen molar-refractivity contribution in [3.8, 4) is 5.75 Å². The van der Waals surface area contributed by atoms with Crippen molar-refractivity contribution in [2.75, 3.05) is 0 Å². The second-order valence-electron chi connectivity index (χ2n) is 16.9. The van der Waals surface area contributed by atoms with E-state index in [1.807, 2.05) is 0 Å². The number of aliphatic hydroxyl groups excluding tert-OH is 1. The number of carbonyl (C=O) groups is 4. The van der Waals surface area contributed by atoms with Crippen molar-refractivity contribution in [3.63, 3.8) is 0 Å². The molecule has 18 heteroatoms. The summed E-state index contributed by atoms with van der Waals surface area (Å²) >= 11 is 0. The lowest BCUT2D eigenvalue weighted by Crippen LogP contribution is -2.36. The second-order valence-corrected chi connectivity index (χ2v) is 20.5. The lowest BCUT2D eigenvalue weighted by atomic mass is 9.97. The normalized spacial score (nSPS) is 15.4. The summed E-state index contributed by atoms with van der Waals surface area (Å²) in [6, 6.07) is 8.54. The number of aliphatic hydroxyl groups is 1. The van der Waals surface area contributed by atoms with E-state index in [1.165, 1.54) is 107 Å². The average molecular weight is 817 g/mol. The van der Waals surface area contributed by atoms with Gasteiger partial charge < -0.3 is 38.9 Å². The molecule has 0 heterocycles. The number of ether oxygens (including phenoxy) is 4. The first-order valence-electron chi connectivity index (χ1n) is 17.2. The predicted octanol–water partition coefficient (Wildman–Crippen LogP) is 5.64. The maximum atomic E-state index is 13.4. The van der Waals surface area contributed by atoms with E-state index in [0.717, 1.165) is 18.2 Å². The number of hydrogen-bond acceptors (Lipinski definition) is 14. The van der Waals surface area contributed by atoms with Crippen LogP contribution in [0.5, 0.6) is 5.75 Å². The van der Waals surface area contributed by atoms with Gasteiger partial charge in [0.1, 0.15) is 5.75 Å². The van der Waals surface area contributed by atoms with E-state index in [0.29, 0.717) is 5.56 Å². The lowest BCUT2D eigenvalue weighted by molar-refractivity contribution is -0.247. The predicted molar refractivity (Wildman–Crippen MR) is 199 cm³/mol. The van der Waals surface area contributed by atoms with Crippen LogP contribution in [-0.4, -0.2) is 56.8 Å². The zero-order valence-corrected chi connectivity index (χ0v) is 35.1. The maximum absolute atomic E-state index is 13.4. The van der Waals surface area contributed by atoms with E-state index in [9.17, 15) is 48.3 Å². The van der Waals surface area contributed by atoms with Gasteiger partial charge in [-0.15, -0.1) is 0 Å². The summed E-state index contributed by atoms with van der Waals surface area (Å²) in [5.41, 5.74) is -3.90. The first-order valence-corrected chi connectivity index (χ1v) is 20.4. The van der Waals surface area contributed by atoms with Crippen molar-refractivity contribution >= 4 is 49.7 Å². The third kappa shape index (κ3) is 14.4. The molecule has 308 valence electrons. The highest BCUT2D eigenvalue weighted by Gasteiger charge is 2.39. The van der Waals surface area contributed by atoms with Gasteiger partial charge >= 0.3 is 52.0 Å². The van der Waals surface area contributed by atoms with Gasteiger partial charge in [0.05, 0.1) is 38.4 Å². The van der Waals surface area contributed by atoms with Gasteiger partial charge in [-0.3, -0.25) is 28.3 Å². The van der Waals surface area contributed by atoms with Crippen molar-refractivity contribution in [2.24, 2.45) is 21.7 Å². The SMILES string of the molecule is CC(C)(C)C(=O)OC(OC(=O)C(C)(C)C)OP(=O)(O)c1ccc(CCC(O)c2cc(P(=O)(O)OC(OC(=O)C(C)(C)C)OC(=O)C(C)(C)C)ccc2O)cc1. The molecular weight excluding hydrogens is 762 g/mol. The molecule has 0 saturated carbocycles. The quantitative estimate of drug-likeness (QED) is 0.103. The van der Waals surface area contributed by atoms with Gasteiger partial charge in [0.15, 0.2) is 0 Å². The minimum atomic E-state index is -4.94. The summed E-state index contributed by atoms with van der Waals surface area (Å²) in [7, 11) is -9.69. The maximum Gasteiger partial charge on any atom is 0.372 e. The number of esters is 4. The van der Waals surface area contributed by atoms with E-state index in [4.69, 9.17) is 28.0 Å². The van der Waals surface area contributed by atoms with E-state index >= 15 is 0 Å². The summed E-state index contributed by atoms with van der Waals surface area (Å²) in [4.78, 5) is 71.7. The highest BCUT2D eigenvalue weighted by molar-refractivity contribution is 7.61. The Hall–Kier alpha value is -3.62. The highest BCUT2D eigenvalue weighted by atomic mass is 31.2. The minimum Gasteiger partial charge on any atom is -0.508 e. The van der Waals surface area contributed by atoms with Gasteiger partial charge in [-0.1, -0.05) is 12.1 Å². The van der Waals surface area contributed by atoms with Gasteiger partial charge in [0.2, 0.25) is 0 Å². The number of rotatable bonds is 14. The molecule has 0 saturated heterocycles. The summed E-state index contributed by atoms with van der Waals surface area (Å²) in [6.45, 7) is 13.9. The first kappa shape index (κ1) is 47.5. The number of hydrogen-bond donors (Lipinski definition) is 4. The van der Waals surface area contributed by atoms with Crippen LogP contribution < -0.4 is 10.6 Å². The molecule has 0 aliphatic carbocycles. The van der Waals surface area contributed by atoms with Crippen molar-refractivity contribution in [2.45, 2.75) is 115 Å². The van der Waals surface area contributed by atoms with Crippen molar-refractivity contribution < 1.29 is 76.3 Å². The van der Waals surface area contributed by atoms with Gasteiger partial charge in [-0.2, -0.15) is 0 Å². The molecule has 0 aliphatic heterocycles. The number of carbonyl (C=O) groups excluding carboxylic acids is 4. The number of benzene rings is 2. The Morgan fingerprint density at radius 2 is 0.909 bits per heavy atom. The van der Waals surface area contributed by atoms with Crippen molar-refractivity contribution in [1.82, 2.24) is 0 Å². The van der Waals surface area contributed by atoms with Gasteiger partial charge in [-0.25, -0.2) is 9.05 Å². The van der Waals surface area contributed by atoms with Crippen LogP contribution in [0.15, 0.2) is 42.5 Å². The molecule has 0 aliphatic rings. The van der Waals surface area contributed by atoms with Gasteiger partial charge in [-0.05, 0) is 132 Å². The molecule has 0 fully saturated rings. The van der Waals surface area contributed by atoms with Crippen molar-refractivity contribution in [3.05, 3.63) is 53.6 Å². The molecule has 0 bridgehead atoms. The fraction of sp³-hybridized carbons (Fsp3) is 0.568. The third-order valence-electron chi connectivity index (χ3n) is 7.39. The smallest absolute Gasteiger partial charge is 0.372 e. The fourth-order valence-corrected chi connectivity index (χ4v) is 5.81. The molecule has 2 rings (SSSR count). The molecule has 4 N–H and O–H groups in total. The molecule has 0 aromatic heterocycles. The van der Waals surface area contributed by atoms with Crippen LogP contribution in [0.3, 0.4) is 0 Å². The van der Waals surface area contributed by atoms with E-state index in [2.05, 4.69) is 0 Å². The number of phenolic OH excluding ortho intramolecular Hbond substituents is 1.